The molecule has 0 aliphatic carbocycles. The molecule has 0 aromatic heterocycles. The van der Waals surface area contributed by atoms with Gasteiger partial charge in [0.05, 0.1) is 4.92 Å². The maximum Gasteiger partial charge on any atom is 0.328 e. The van der Waals surface area contributed by atoms with Crippen LogP contribution in [0.2, 0.25) is 0 Å². The van der Waals surface area contributed by atoms with Gasteiger partial charge in [0.1, 0.15) is 5.57 Å². The first kappa shape index (κ1) is 17.5. The summed E-state index contributed by atoms with van der Waals surface area (Å²) in [7, 11) is 2.00. The Kier molecular flexibility index (Phi) is 4.67. The predicted molar refractivity (Wildman–Crippen MR) is 92.5 cm³/mol. The van der Waals surface area contributed by atoms with E-state index in [9.17, 15) is 24.5 Å². The fourth-order valence-electron chi connectivity index (χ4n) is 2.87. The summed E-state index contributed by atoms with van der Waals surface area (Å²) in [5.41, 5.74) is 0.634. The van der Waals surface area contributed by atoms with Crippen molar-refractivity contribution in [3.8, 4) is 0 Å². The van der Waals surface area contributed by atoms with Crippen LogP contribution in [-0.4, -0.2) is 60.9 Å². The lowest BCUT2D eigenvalue weighted by molar-refractivity contribution is -0.384. The first-order valence-electron chi connectivity index (χ1n) is 7.95. The molecule has 1 aromatic carbocycles. The number of amides is 4. The van der Waals surface area contributed by atoms with E-state index in [1.54, 1.807) is 6.07 Å². The molecular formula is C16H17N5O5. The predicted octanol–water partition coefficient (Wildman–Crippen LogP) is 0.0960. The molecular weight excluding hydrogens is 342 g/mol. The maximum absolute atomic E-state index is 12.0. The van der Waals surface area contributed by atoms with Gasteiger partial charge in [0.15, 0.2) is 0 Å². The molecule has 0 spiro atoms. The summed E-state index contributed by atoms with van der Waals surface area (Å²) in [6.07, 6.45) is 1.28. The van der Waals surface area contributed by atoms with Crippen LogP contribution in [0.5, 0.6) is 0 Å². The quantitative estimate of drug-likeness (QED) is 0.339. The van der Waals surface area contributed by atoms with Crippen molar-refractivity contribution in [2.24, 2.45) is 0 Å². The number of anilines is 1. The monoisotopic (exact) mass is 359 g/mol. The molecule has 0 saturated carbocycles. The number of carbonyl (C=O) groups is 3. The Morgan fingerprint density at radius 2 is 1.69 bits per heavy atom. The number of hydrogen-bond donors (Lipinski definition) is 2. The number of urea groups is 1. The third-order valence-corrected chi connectivity index (χ3v) is 4.31. The molecule has 2 aliphatic heterocycles. The number of benzene rings is 1. The number of nitrogens with one attached hydrogen (secondary N) is 2. The molecule has 0 atom stereocenters. The van der Waals surface area contributed by atoms with Gasteiger partial charge in [0.2, 0.25) is 0 Å². The molecule has 4 amide bonds. The second-order valence-electron chi connectivity index (χ2n) is 6.09. The van der Waals surface area contributed by atoms with Crippen molar-refractivity contribution in [1.82, 2.24) is 15.5 Å². The van der Waals surface area contributed by atoms with Crippen molar-refractivity contribution >= 4 is 35.3 Å². The van der Waals surface area contributed by atoms with Gasteiger partial charge in [-0.25, -0.2) is 4.79 Å². The lowest BCUT2D eigenvalue weighted by atomic mass is 10.0. The van der Waals surface area contributed by atoms with Crippen LogP contribution in [0.1, 0.15) is 5.56 Å². The number of nitrogens with zero attached hydrogens (tertiary/aromatic N) is 3. The smallest absolute Gasteiger partial charge is 0.328 e. The van der Waals surface area contributed by atoms with Crippen LogP contribution >= 0.6 is 0 Å². The van der Waals surface area contributed by atoms with E-state index in [4.69, 9.17) is 0 Å². The topological polar surface area (TPSA) is 125 Å². The molecule has 2 saturated heterocycles. The normalized spacial score (nSPS) is 18.4. The second-order valence-corrected chi connectivity index (χ2v) is 6.09. The number of barbiturate groups is 1. The molecule has 2 N–H and O–H groups in total. The zero-order chi connectivity index (χ0) is 18.8. The molecule has 0 radical (unpaired) electrons. The van der Waals surface area contributed by atoms with Crippen LogP contribution in [0.4, 0.5) is 16.2 Å². The Morgan fingerprint density at radius 1 is 1.08 bits per heavy atom. The standard InChI is InChI=1S/C16H17N5O5/c1-19-4-6-20(7-5-19)13-3-2-11(21(25)26)8-10(13)9-12-14(22)17-16(24)18-15(12)23/h2-3,8-9H,4-7H2,1H3,(H2,17,18,22,23,24). The van der Waals surface area contributed by atoms with Gasteiger partial charge in [-0.15, -0.1) is 0 Å². The Labute approximate surface area is 148 Å². The molecule has 2 aliphatic rings. The highest BCUT2D eigenvalue weighted by Gasteiger charge is 2.29. The first-order valence-corrected chi connectivity index (χ1v) is 7.95. The molecule has 136 valence electrons. The van der Waals surface area contributed by atoms with Crippen LogP contribution in [-0.2, 0) is 9.59 Å². The summed E-state index contributed by atoms with van der Waals surface area (Å²) >= 11 is 0. The summed E-state index contributed by atoms with van der Waals surface area (Å²) in [4.78, 5) is 49.9. The van der Waals surface area contributed by atoms with E-state index in [1.165, 1.54) is 18.2 Å². The van der Waals surface area contributed by atoms with Crippen LogP contribution in [0, 0.1) is 10.1 Å². The zero-order valence-corrected chi connectivity index (χ0v) is 14.0. The first-order chi connectivity index (χ1) is 12.3. The number of imide groups is 2. The number of carbonyl (C=O) groups excluding carboxylic acids is 3. The zero-order valence-electron chi connectivity index (χ0n) is 14.0. The summed E-state index contributed by atoms with van der Waals surface area (Å²) in [6, 6.07) is 3.42. The van der Waals surface area contributed by atoms with Crippen LogP contribution in [0.15, 0.2) is 23.8 Å². The van der Waals surface area contributed by atoms with Gasteiger partial charge in [-0.2, -0.15) is 0 Å². The SMILES string of the molecule is CN1CCN(c2ccc([N+](=O)[O-])cc2C=C2C(=O)NC(=O)NC2=O)CC1. The molecule has 0 unspecified atom stereocenters. The van der Waals surface area contributed by atoms with E-state index in [0.717, 1.165) is 13.1 Å². The van der Waals surface area contributed by atoms with Crippen LogP contribution in [0.3, 0.4) is 0 Å². The Hall–Kier alpha value is -3.27. The minimum atomic E-state index is -0.893. The Morgan fingerprint density at radius 3 is 2.27 bits per heavy atom. The number of nitro groups is 1. The Balaban J connectivity index is 2.03. The van der Waals surface area contributed by atoms with Crippen LogP contribution in [0.25, 0.3) is 6.08 Å². The van der Waals surface area contributed by atoms with E-state index in [0.29, 0.717) is 24.3 Å². The number of hydrogen-bond acceptors (Lipinski definition) is 7. The van der Waals surface area contributed by atoms with Crippen molar-refractivity contribution in [2.45, 2.75) is 0 Å². The fraction of sp³-hybridized carbons (Fsp3) is 0.312. The molecule has 26 heavy (non-hydrogen) atoms. The van der Waals surface area contributed by atoms with E-state index < -0.39 is 22.8 Å². The van der Waals surface area contributed by atoms with Crippen molar-refractivity contribution in [2.75, 3.05) is 38.1 Å². The van der Waals surface area contributed by atoms with Gasteiger partial charge in [0.25, 0.3) is 17.5 Å². The van der Waals surface area contributed by atoms with Gasteiger partial charge in [-0.3, -0.25) is 30.3 Å². The van der Waals surface area contributed by atoms with Crippen molar-refractivity contribution in [3.63, 3.8) is 0 Å². The van der Waals surface area contributed by atoms with Crippen molar-refractivity contribution < 1.29 is 19.3 Å². The summed E-state index contributed by atoms with van der Waals surface area (Å²) in [6.45, 7) is 3.06. The molecule has 10 nitrogen and oxygen atoms in total. The largest absolute Gasteiger partial charge is 0.368 e. The average molecular weight is 359 g/mol. The number of non-ortho nitro benzene ring substituents is 1. The molecule has 1 aromatic rings. The molecule has 0 bridgehead atoms. The average Bonchev–Trinajstić information content (AvgIpc) is 2.58. The van der Waals surface area contributed by atoms with Crippen LogP contribution < -0.4 is 15.5 Å². The van der Waals surface area contributed by atoms with Gasteiger partial charge in [-0.1, -0.05) is 0 Å². The number of likely N-dealkylation sites (N-methyl/N-ethyl adjacent to an activating group) is 1. The van der Waals surface area contributed by atoms with Gasteiger partial charge in [0, 0.05) is 49.6 Å². The maximum atomic E-state index is 12.0. The second kappa shape index (κ2) is 6.92. The van der Waals surface area contributed by atoms with E-state index in [1.807, 2.05) is 22.6 Å². The third-order valence-electron chi connectivity index (χ3n) is 4.31. The molecule has 3 rings (SSSR count). The van der Waals surface area contributed by atoms with Gasteiger partial charge >= 0.3 is 6.03 Å². The highest BCUT2D eigenvalue weighted by Crippen LogP contribution is 2.28. The minimum absolute atomic E-state index is 0.151. The van der Waals surface area contributed by atoms with Gasteiger partial charge in [-0.05, 0) is 19.2 Å². The lowest BCUT2D eigenvalue weighted by Crippen LogP contribution is -2.51. The number of nitro benzene ring substituents is 1. The van der Waals surface area contributed by atoms with E-state index in [2.05, 4.69) is 4.90 Å². The molecule has 10 heteroatoms. The summed E-state index contributed by atoms with van der Waals surface area (Å²) < 4.78 is 0. The lowest BCUT2D eigenvalue weighted by Gasteiger charge is -2.35. The van der Waals surface area contributed by atoms with E-state index in [-0.39, 0.29) is 11.3 Å². The number of rotatable bonds is 3. The number of piperazine rings is 1. The molecule has 2 heterocycles. The highest BCUT2D eigenvalue weighted by atomic mass is 16.6. The van der Waals surface area contributed by atoms with Crippen molar-refractivity contribution in [3.05, 3.63) is 39.4 Å². The third kappa shape index (κ3) is 3.54. The van der Waals surface area contributed by atoms with E-state index >= 15 is 0 Å². The Bertz CT molecular complexity index is 804. The van der Waals surface area contributed by atoms with Gasteiger partial charge < -0.3 is 9.80 Å². The van der Waals surface area contributed by atoms with Crippen molar-refractivity contribution in [1.29, 1.82) is 0 Å². The minimum Gasteiger partial charge on any atom is -0.368 e. The summed E-state index contributed by atoms with van der Waals surface area (Å²) in [5.74, 6) is -1.68. The molecule has 2 fully saturated rings. The fourth-order valence-corrected chi connectivity index (χ4v) is 2.87. The summed E-state index contributed by atoms with van der Waals surface area (Å²) in [5, 5.41) is 15.1. The highest BCUT2D eigenvalue weighted by molar-refractivity contribution is 6.31.